The quantitative estimate of drug-likeness (QED) is 0.570. The molecular weight excluding hydrogens is 297 g/mol. The Hall–Kier alpha value is -0.0300. The SMILES string of the molecule is S=c1[nH]c2cc(Br)c(Cl)c(Cl)c2o1. The van der Waals surface area contributed by atoms with Crippen molar-refractivity contribution >= 4 is 62.4 Å². The molecule has 0 spiro atoms. The Bertz CT molecular complexity index is 533. The van der Waals surface area contributed by atoms with Gasteiger partial charge in [0.1, 0.15) is 5.02 Å². The number of hydrogen-bond donors (Lipinski definition) is 1. The number of rotatable bonds is 0. The molecule has 2 nitrogen and oxygen atoms in total. The molecule has 0 aliphatic rings. The third kappa shape index (κ3) is 1.52. The second-order valence-electron chi connectivity index (χ2n) is 2.38. The number of aromatic nitrogens is 1. The number of nitrogens with one attached hydrogen (secondary N) is 1. The summed E-state index contributed by atoms with van der Waals surface area (Å²) in [6.45, 7) is 0. The zero-order valence-corrected chi connectivity index (χ0v) is 9.94. The fraction of sp³-hybridized carbons (Fsp3) is 0. The van der Waals surface area contributed by atoms with Crippen LogP contribution in [0.4, 0.5) is 0 Å². The highest BCUT2D eigenvalue weighted by molar-refractivity contribution is 9.10. The lowest BCUT2D eigenvalue weighted by Crippen LogP contribution is -1.74. The number of halogens is 3. The molecule has 1 aromatic carbocycles. The van der Waals surface area contributed by atoms with Gasteiger partial charge in [0, 0.05) is 4.47 Å². The second-order valence-corrected chi connectivity index (χ2v) is 4.36. The van der Waals surface area contributed by atoms with Gasteiger partial charge in [-0.2, -0.15) is 0 Å². The number of aromatic amines is 1. The molecule has 0 aliphatic carbocycles. The second kappa shape index (κ2) is 3.28. The van der Waals surface area contributed by atoms with Crippen molar-refractivity contribution in [2.45, 2.75) is 0 Å². The first-order chi connectivity index (χ1) is 6.09. The van der Waals surface area contributed by atoms with Crippen LogP contribution in [0.25, 0.3) is 11.1 Å². The summed E-state index contributed by atoms with van der Waals surface area (Å²) in [4.78, 5) is 3.13. The van der Waals surface area contributed by atoms with E-state index in [9.17, 15) is 0 Å². The van der Waals surface area contributed by atoms with E-state index in [1.54, 1.807) is 6.07 Å². The van der Waals surface area contributed by atoms with E-state index in [-0.39, 0.29) is 4.84 Å². The predicted molar refractivity (Wildman–Crippen MR) is 59.1 cm³/mol. The molecule has 2 rings (SSSR count). The number of hydrogen-bond acceptors (Lipinski definition) is 2. The molecule has 0 atom stereocenters. The zero-order valence-electron chi connectivity index (χ0n) is 6.03. The number of benzene rings is 1. The van der Waals surface area contributed by atoms with Crippen LogP contribution in [-0.4, -0.2) is 4.98 Å². The first kappa shape index (κ1) is 9.52. The summed E-state index contributed by atoms with van der Waals surface area (Å²) in [7, 11) is 0. The van der Waals surface area contributed by atoms with Crippen LogP contribution in [0.1, 0.15) is 0 Å². The van der Waals surface area contributed by atoms with Gasteiger partial charge in [0.25, 0.3) is 4.84 Å². The van der Waals surface area contributed by atoms with Crippen LogP contribution in [0.2, 0.25) is 10.0 Å². The fourth-order valence-electron chi connectivity index (χ4n) is 0.999. The van der Waals surface area contributed by atoms with Gasteiger partial charge < -0.3 is 9.40 Å². The van der Waals surface area contributed by atoms with Gasteiger partial charge in [-0.05, 0) is 34.2 Å². The van der Waals surface area contributed by atoms with Gasteiger partial charge in [0.2, 0.25) is 0 Å². The van der Waals surface area contributed by atoms with E-state index < -0.39 is 0 Å². The van der Waals surface area contributed by atoms with Gasteiger partial charge in [-0.1, -0.05) is 23.2 Å². The van der Waals surface area contributed by atoms with Gasteiger partial charge in [0.05, 0.1) is 10.5 Å². The molecule has 1 aromatic heterocycles. The molecule has 0 radical (unpaired) electrons. The lowest BCUT2D eigenvalue weighted by molar-refractivity contribution is 0.583. The van der Waals surface area contributed by atoms with Gasteiger partial charge >= 0.3 is 0 Å². The molecule has 2 aromatic rings. The minimum absolute atomic E-state index is 0.283. The van der Waals surface area contributed by atoms with E-state index >= 15 is 0 Å². The van der Waals surface area contributed by atoms with Crippen molar-refractivity contribution in [1.29, 1.82) is 0 Å². The van der Waals surface area contributed by atoms with Gasteiger partial charge in [-0.15, -0.1) is 0 Å². The smallest absolute Gasteiger partial charge is 0.266 e. The summed E-state index contributed by atoms with van der Waals surface area (Å²) in [6, 6.07) is 1.77. The van der Waals surface area contributed by atoms with Gasteiger partial charge in [-0.25, -0.2) is 0 Å². The normalized spacial score (nSPS) is 11.0. The largest absolute Gasteiger partial charge is 0.428 e. The lowest BCUT2D eigenvalue weighted by Gasteiger charge is -1.97. The average molecular weight is 299 g/mol. The molecule has 1 heterocycles. The monoisotopic (exact) mass is 297 g/mol. The summed E-state index contributed by atoms with van der Waals surface area (Å²) < 4.78 is 5.86. The molecule has 68 valence electrons. The van der Waals surface area contributed by atoms with Crippen molar-refractivity contribution in [1.82, 2.24) is 4.98 Å². The zero-order chi connectivity index (χ0) is 9.59. The molecule has 0 aliphatic heterocycles. The van der Waals surface area contributed by atoms with Crippen molar-refractivity contribution in [3.05, 3.63) is 25.4 Å². The average Bonchev–Trinajstić information content (AvgIpc) is 2.42. The predicted octanol–water partition coefficient (Wildman–Crippen LogP) is 4.56. The van der Waals surface area contributed by atoms with Crippen molar-refractivity contribution in [3.8, 4) is 0 Å². The maximum atomic E-state index is 5.92. The van der Waals surface area contributed by atoms with Crippen LogP contribution >= 0.6 is 51.3 Å². The number of fused-ring (bicyclic) bond motifs is 1. The van der Waals surface area contributed by atoms with E-state index in [4.69, 9.17) is 39.8 Å². The fourth-order valence-corrected chi connectivity index (χ4v) is 2.12. The van der Waals surface area contributed by atoms with Crippen LogP contribution in [0.15, 0.2) is 15.0 Å². The molecule has 6 heteroatoms. The van der Waals surface area contributed by atoms with Crippen LogP contribution in [0.5, 0.6) is 0 Å². The summed E-state index contributed by atoms with van der Waals surface area (Å²) in [5, 5.41) is 0.783. The van der Waals surface area contributed by atoms with E-state index in [0.717, 1.165) is 5.52 Å². The van der Waals surface area contributed by atoms with Crippen molar-refractivity contribution in [3.63, 3.8) is 0 Å². The highest BCUT2D eigenvalue weighted by atomic mass is 79.9. The Labute approximate surface area is 97.0 Å². The van der Waals surface area contributed by atoms with Gasteiger partial charge in [-0.3, -0.25) is 0 Å². The van der Waals surface area contributed by atoms with E-state index in [1.165, 1.54) is 0 Å². The van der Waals surface area contributed by atoms with E-state index in [1.807, 2.05) is 0 Å². The first-order valence-corrected chi connectivity index (χ1v) is 5.21. The Morgan fingerprint density at radius 2 is 2.08 bits per heavy atom. The molecule has 13 heavy (non-hydrogen) atoms. The maximum Gasteiger partial charge on any atom is 0.266 e. The molecule has 0 amide bonds. The summed E-state index contributed by atoms with van der Waals surface area (Å²) >= 11 is 19.9. The third-order valence-electron chi connectivity index (χ3n) is 1.55. The summed E-state index contributed by atoms with van der Waals surface area (Å²) in [6.07, 6.45) is 0. The molecule has 0 unspecified atom stereocenters. The molecular formula is C7H2BrCl2NOS. The van der Waals surface area contributed by atoms with Crippen LogP contribution in [-0.2, 0) is 0 Å². The Balaban J connectivity index is 3.00. The minimum Gasteiger partial charge on any atom is -0.428 e. The standard InChI is InChI=1S/C7H2BrCl2NOS/c8-2-1-3-6(5(10)4(2)9)12-7(13)11-3/h1H,(H,11,13). The summed E-state index contributed by atoms with van der Waals surface area (Å²) in [5.41, 5.74) is 1.21. The lowest BCUT2D eigenvalue weighted by atomic mass is 10.3. The van der Waals surface area contributed by atoms with Crippen molar-refractivity contribution in [2.75, 3.05) is 0 Å². The van der Waals surface area contributed by atoms with Crippen LogP contribution in [0.3, 0.4) is 0 Å². The Kier molecular flexibility index (Phi) is 2.40. The van der Waals surface area contributed by atoms with E-state index in [2.05, 4.69) is 20.9 Å². The maximum absolute atomic E-state index is 5.92. The molecule has 0 bridgehead atoms. The highest BCUT2D eigenvalue weighted by Crippen LogP contribution is 2.36. The molecule has 0 fully saturated rings. The van der Waals surface area contributed by atoms with Crippen molar-refractivity contribution in [2.24, 2.45) is 0 Å². The van der Waals surface area contributed by atoms with Gasteiger partial charge in [0.15, 0.2) is 5.58 Å². The summed E-state index contributed by atoms with van der Waals surface area (Å²) in [5.74, 6) is 0. The molecule has 1 N–H and O–H groups in total. The molecule has 0 saturated carbocycles. The van der Waals surface area contributed by atoms with Crippen LogP contribution in [0, 0.1) is 4.84 Å². The minimum atomic E-state index is 0.283. The van der Waals surface area contributed by atoms with Crippen LogP contribution < -0.4 is 0 Å². The van der Waals surface area contributed by atoms with E-state index in [0.29, 0.717) is 20.1 Å². The topological polar surface area (TPSA) is 28.9 Å². The molecule has 0 saturated heterocycles. The van der Waals surface area contributed by atoms with Crippen molar-refractivity contribution < 1.29 is 4.42 Å². The third-order valence-corrected chi connectivity index (χ3v) is 3.44. The Morgan fingerprint density at radius 1 is 1.38 bits per heavy atom. The Morgan fingerprint density at radius 3 is 2.77 bits per heavy atom. The number of oxazole rings is 1. The highest BCUT2D eigenvalue weighted by Gasteiger charge is 2.11. The first-order valence-electron chi connectivity index (χ1n) is 3.26. The number of H-pyrrole nitrogens is 1.